The third kappa shape index (κ3) is 5.27. The summed E-state index contributed by atoms with van der Waals surface area (Å²) in [4.78, 5) is 33.7. The van der Waals surface area contributed by atoms with E-state index >= 15 is 0 Å². The zero-order valence-corrected chi connectivity index (χ0v) is 9.76. The summed E-state index contributed by atoms with van der Waals surface area (Å²) in [5.41, 5.74) is 10.6. The molecular weight excluding hydrogens is 230 g/mol. The van der Waals surface area contributed by atoms with E-state index in [0.29, 0.717) is 0 Å². The number of ether oxygens (including phenoxy) is 2. The van der Waals surface area contributed by atoms with Crippen LogP contribution in [0.3, 0.4) is 0 Å². The van der Waals surface area contributed by atoms with Gasteiger partial charge in [-0.15, -0.1) is 0 Å². The predicted molar refractivity (Wildman–Crippen MR) is 57.6 cm³/mol. The second kappa shape index (κ2) is 7.58. The fourth-order valence-electron chi connectivity index (χ4n) is 0.971. The predicted octanol–water partition coefficient (Wildman–Crippen LogP) is -2.51. The van der Waals surface area contributed by atoms with E-state index < -0.39 is 29.9 Å². The van der Waals surface area contributed by atoms with Gasteiger partial charge in [0.05, 0.1) is 26.7 Å². The van der Waals surface area contributed by atoms with Crippen LogP contribution in [0.5, 0.6) is 0 Å². The van der Waals surface area contributed by atoms with Crippen molar-refractivity contribution in [2.75, 3.05) is 20.8 Å². The van der Waals surface area contributed by atoms with E-state index in [4.69, 9.17) is 11.5 Å². The highest BCUT2D eigenvalue weighted by molar-refractivity contribution is 5.90. The molecule has 0 aliphatic carbocycles. The standard InChI is InChI=1S/C9H17N3O5/c1-16-7(13)3-6(9(15)17-2)12-8(14)5(11)4-10/h5-6H,3-4,10-11H2,1-2H3,(H,12,14). The van der Waals surface area contributed by atoms with Gasteiger partial charge in [-0.25, -0.2) is 4.79 Å². The van der Waals surface area contributed by atoms with Gasteiger partial charge < -0.3 is 26.3 Å². The first kappa shape index (κ1) is 15.3. The molecule has 2 unspecified atom stereocenters. The van der Waals surface area contributed by atoms with Gasteiger partial charge in [0.2, 0.25) is 5.91 Å². The van der Waals surface area contributed by atoms with E-state index in [-0.39, 0.29) is 13.0 Å². The Labute approximate surface area is 98.6 Å². The van der Waals surface area contributed by atoms with Crippen LogP contribution in [0.1, 0.15) is 6.42 Å². The van der Waals surface area contributed by atoms with Crippen molar-refractivity contribution in [3.8, 4) is 0 Å². The maximum Gasteiger partial charge on any atom is 0.328 e. The maximum absolute atomic E-state index is 11.4. The first-order valence-corrected chi connectivity index (χ1v) is 4.86. The molecule has 0 saturated carbocycles. The highest BCUT2D eigenvalue weighted by Crippen LogP contribution is 1.98. The molecule has 0 spiro atoms. The second-order valence-corrected chi connectivity index (χ2v) is 3.21. The molecule has 8 heteroatoms. The van der Waals surface area contributed by atoms with Gasteiger partial charge in [-0.05, 0) is 0 Å². The Morgan fingerprint density at radius 2 is 1.82 bits per heavy atom. The normalized spacial score (nSPS) is 13.4. The Balaban J connectivity index is 4.54. The number of nitrogens with two attached hydrogens (primary N) is 2. The van der Waals surface area contributed by atoms with Gasteiger partial charge in [-0.2, -0.15) is 0 Å². The van der Waals surface area contributed by atoms with Crippen LogP contribution in [0.4, 0.5) is 0 Å². The topological polar surface area (TPSA) is 134 Å². The molecule has 5 N–H and O–H groups in total. The van der Waals surface area contributed by atoms with Crippen molar-refractivity contribution in [2.45, 2.75) is 18.5 Å². The van der Waals surface area contributed by atoms with Crippen LogP contribution >= 0.6 is 0 Å². The number of hydrogen-bond donors (Lipinski definition) is 3. The number of rotatable bonds is 6. The number of carbonyl (C=O) groups excluding carboxylic acids is 3. The van der Waals surface area contributed by atoms with Crippen LogP contribution < -0.4 is 16.8 Å². The fourth-order valence-corrected chi connectivity index (χ4v) is 0.971. The molecular formula is C9H17N3O5. The average molecular weight is 247 g/mol. The molecule has 0 aromatic rings. The maximum atomic E-state index is 11.4. The van der Waals surface area contributed by atoms with Gasteiger partial charge in [-0.3, -0.25) is 9.59 Å². The molecule has 2 atom stereocenters. The van der Waals surface area contributed by atoms with Crippen molar-refractivity contribution in [3.63, 3.8) is 0 Å². The lowest BCUT2D eigenvalue weighted by Crippen LogP contribution is -2.51. The van der Waals surface area contributed by atoms with Crippen LogP contribution in [-0.4, -0.2) is 50.7 Å². The van der Waals surface area contributed by atoms with Crippen LogP contribution in [0.25, 0.3) is 0 Å². The zero-order valence-electron chi connectivity index (χ0n) is 9.76. The Bertz CT molecular complexity index is 294. The lowest BCUT2D eigenvalue weighted by atomic mass is 10.2. The fraction of sp³-hybridized carbons (Fsp3) is 0.667. The molecule has 0 aromatic carbocycles. The molecule has 0 rings (SSSR count). The number of nitrogens with one attached hydrogen (secondary N) is 1. The average Bonchev–Trinajstić information content (AvgIpc) is 2.35. The van der Waals surface area contributed by atoms with Gasteiger partial charge in [0.15, 0.2) is 0 Å². The van der Waals surface area contributed by atoms with E-state index in [1.165, 1.54) is 7.11 Å². The SMILES string of the molecule is COC(=O)CC(NC(=O)C(N)CN)C(=O)OC. The third-order valence-electron chi connectivity index (χ3n) is 1.99. The third-order valence-corrected chi connectivity index (χ3v) is 1.99. The van der Waals surface area contributed by atoms with E-state index in [0.717, 1.165) is 7.11 Å². The van der Waals surface area contributed by atoms with Gasteiger partial charge >= 0.3 is 11.9 Å². The van der Waals surface area contributed by atoms with Gasteiger partial charge in [0.25, 0.3) is 0 Å². The first-order chi connectivity index (χ1) is 7.96. The molecule has 17 heavy (non-hydrogen) atoms. The summed E-state index contributed by atoms with van der Waals surface area (Å²) < 4.78 is 8.83. The van der Waals surface area contributed by atoms with Gasteiger partial charge in [0.1, 0.15) is 6.04 Å². The molecule has 0 aromatic heterocycles. The van der Waals surface area contributed by atoms with Crippen molar-refractivity contribution in [3.05, 3.63) is 0 Å². The van der Waals surface area contributed by atoms with Crippen LogP contribution in [-0.2, 0) is 23.9 Å². The summed E-state index contributed by atoms with van der Waals surface area (Å²) in [6, 6.07) is -2.07. The minimum Gasteiger partial charge on any atom is -0.469 e. The number of methoxy groups -OCH3 is 2. The number of hydrogen-bond acceptors (Lipinski definition) is 7. The lowest BCUT2D eigenvalue weighted by Gasteiger charge is -2.17. The highest BCUT2D eigenvalue weighted by atomic mass is 16.5. The number of amides is 1. The lowest BCUT2D eigenvalue weighted by molar-refractivity contribution is -0.150. The van der Waals surface area contributed by atoms with Crippen molar-refractivity contribution >= 4 is 17.8 Å². The van der Waals surface area contributed by atoms with Crippen LogP contribution in [0.15, 0.2) is 0 Å². The second-order valence-electron chi connectivity index (χ2n) is 3.21. The molecule has 0 saturated heterocycles. The van der Waals surface area contributed by atoms with E-state index in [2.05, 4.69) is 14.8 Å². The molecule has 0 aliphatic rings. The monoisotopic (exact) mass is 247 g/mol. The summed E-state index contributed by atoms with van der Waals surface area (Å²) >= 11 is 0. The minimum absolute atomic E-state index is 0.0715. The molecule has 8 nitrogen and oxygen atoms in total. The van der Waals surface area contributed by atoms with Crippen LogP contribution in [0, 0.1) is 0 Å². The summed E-state index contributed by atoms with van der Waals surface area (Å²) in [6.45, 7) is -0.0715. The Kier molecular flexibility index (Phi) is 6.83. The van der Waals surface area contributed by atoms with Gasteiger partial charge in [-0.1, -0.05) is 0 Å². The summed E-state index contributed by atoms with van der Waals surface area (Å²) in [7, 11) is 2.31. The summed E-state index contributed by atoms with van der Waals surface area (Å²) in [5.74, 6) is -2.04. The molecule has 0 heterocycles. The van der Waals surface area contributed by atoms with Crippen molar-refractivity contribution in [1.82, 2.24) is 5.32 Å². The molecule has 0 fully saturated rings. The molecule has 0 aliphatic heterocycles. The number of carbonyl (C=O) groups is 3. The first-order valence-electron chi connectivity index (χ1n) is 4.86. The number of esters is 2. The van der Waals surface area contributed by atoms with Crippen molar-refractivity contribution in [2.24, 2.45) is 11.5 Å². The summed E-state index contributed by atoms with van der Waals surface area (Å²) in [5, 5.41) is 2.26. The van der Waals surface area contributed by atoms with E-state index in [9.17, 15) is 14.4 Å². The molecule has 1 amide bonds. The largest absolute Gasteiger partial charge is 0.469 e. The highest BCUT2D eigenvalue weighted by Gasteiger charge is 2.26. The molecule has 0 radical (unpaired) electrons. The van der Waals surface area contributed by atoms with E-state index in [1.807, 2.05) is 0 Å². The van der Waals surface area contributed by atoms with Crippen LogP contribution in [0.2, 0.25) is 0 Å². The quantitative estimate of drug-likeness (QED) is 0.441. The summed E-state index contributed by atoms with van der Waals surface area (Å²) in [6.07, 6.45) is -0.327. The molecule has 98 valence electrons. The Morgan fingerprint density at radius 1 is 1.24 bits per heavy atom. The zero-order chi connectivity index (χ0) is 13.4. The van der Waals surface area contributed by atoms with Crippen molar-refractivity contribution in [1.29, 1.82) is 0 Å². The van der Waals surface area contributed by atoms with E-state index in [1.54, 1.807) is 0 Å². The Hall–Kier alpha value is -1.67. The minimum atomic E-state index is -1.13. The van der Waals surface area contributed by atoms with Crippen molar-refractivity contribution < 1.29 is 23.9 Å². The Morgan fingerprint density at radius 3 is 2.24 bits per heavy atom. The molecule has 0 bridgehead atoms. The smallest absolute Gasteiger partial charge is 0.328 e. The van der Waals surface area contributed by atoms with Gasteiger partial charge in [0, 0.05) is 6.54 Å².